The van der Waals surface area contributed by atoms with Crippen LogP contribution in [0.5, 0.6) is 0 Å². The molecule has 1 aromatic carbocycles. The van der Waals surface area contributed by atoms with E-state index in [4.69, 9.17) is 15.0 Å². The molecule has 0 aliphatic heterocycles. The fourth-order valence-electron chi connectivity index (χ4n) is 3.47. The molecule has 3 heteroatoms. The van der Waals surface area contributed by atoms with Gasteiger partial charge in [0.15, 0.2) is 0 Å². The monoisotopic (exact) mass is 391 g/mol. The van der Waals surface area contributed by atoms with E-state index in [1.54, 1.807) is 0 Å². The summed E-state index contributed by atoms with van der Waals surface area (Å²) in [7, 11) is 0. The van der Waals surface area contributed by atoms with E-state index in [2.05, 4.69) is 74.4 Å². The van der Waals surface area contributed by atoms with Crippen molar-refractivity contribution in [3.63, 3.8) is 0 Å². The molecule has 0 bridgehead atoms. The van der Waals surface area contributed by atoms with Gasteiger partial charge in [-0.2, -0.15) is 0 Å². The van der Waals surface area contributed by atoms with Crippen LogP contribution in [0.25, 0.3) is 0 Å². The number of benzene rings is 1. The van der Waals surface area contributed by atoms with Gasteiger partial charge in [0.25, 0.3) is 0 Å². The van der Waals surface area contributed by atoms with Gasteiger partial charge in [-0.15, -0.1) is 0 Å². The van der Waals surface area contributed by atoms with Gasteiger partial charge < -0.3 is 0 Å². The Bertz CT molecular complexity index is 896. The van der Waals surface area contributed by atoms with Gasteiger partial charge in [-0.25, -0.2) is 4.98 Å². The van der Waals surface area contributed by atoms with E-state index in [9.17, 15) is 0 Å². The van der Waals surface area contributed by atoms with E-state index in [0.717, 1.165) is 28.5 Å². The second-order valence-corrected chi connectivity index (χ2v) is 9.57. The van der Waals surface area contributed by atoms with Crippen LogP contribution in [0.3, 0.4) is 0 Å². The van der Waals surface area contributed by atoms with Gasteiger partial charge in [-0.1, -0.05) is 51.5 Å². The lowest BCUT2D eigenvalue weighted by Gasteiger charge is -2.19. The highest BCUT2D eigenvalue weighted by Gasteiger charge is 2.16. The Morgan fingerprint density at radius 2 is 1.34 bits per heavy atom. The molecule has 29 heavy (non-hydrogen) atoms. The van der Waals surface area contributed by atoms with Crippen LogP contribution in [0.4, 0.5) is 5.69 Å². The summed E-state index contributed by atoms with van der Waals surface area (Å²) < 4.78 is 0. The lowest BCUT2D eigenvalue weighted by molar-refractivity contribution is 0.583. The van der Waals surface area contributed by atoms with E-state index < -0.39 is 0 Å². The third kappa shape index (κ3) is 6.09. The molecule has 3 nitrogen and oxygen atoms in total. The van der Waals surface area contributed by atoms with Gasteiger partial charge >= 0.3 is 0 Å². The highest BCUT2D eigenvalue weighted by atomic mass is 14.9. The fourth-order valence-corrected chi connectivity index (χ4v) is 3.47. The third-order valence-electron chi connectivity index (χ3n) is 4.83. The fraction of sp³-hybridized carbons (Fsp3) is 0.500. The minimum Gasteiger partial charge on any atom is -0.282 e. The maximum atomic E-state index is 5.10. The van der Waals surface area contributed by atoms with Crippen molar-refractivity contribution in [3.8, 4) is 0 Å². The molecule has 0 unspecified atom stereocenters. The van der Waals surface area contributed by atoms with Crippen molar-refractivity contribution in [2.45, 2.75) is 86.6 Å². The van der Waals surface area contributed by atoms with Crippen molar-refractivity contribution in [1.82, 2.24) is 4.98 Å². The van der Waals surface area contributed by atoms with E-state index >= 15 is 0 Å². The quantitative estimate of drug-likeness (QED) is 0.490. The predicted octanol–water partition coefficient (Wildman–Crippen LogP) is 7.39. The largest absolute Gasteiger partial charge is 0.282 e. The van der Waals surface area contributed by atoms with E-state index in [1.165, 1.54) is 16.7 Å². The SMILES string of the molecule is CC(=Nc1c(C(C)C)cc(C)cc1C(C)C)c1cccc(C(C)=NC(C)(C)C)n1. The van der Waals surface area contributed by atoms with Gasteiger partial charge in [0, 0.05) is 0 Å². The lowest BCUT2D eigenvalue weighted by atomic mass is 9.90. The van der Waals surface area contributed by atoms with Crippen LogP contribution < -0.4 is 0 Å². The summed E-state index contributed by atoms with van der Waals surface area (Å²) in [6.07, 6.45) is 0. The first-order valence-corrected chi connectivity index (χ1v) is 10.6. The lowest BCUT2D eigenvalue weighted by Crippen LogP contribution is -2.14. The van der Waals surface area contributed by atoms with Crippen LogP contribution in [0.1, 0.15) is 102 Å². The molecule has 0 amide bonds. The Kier molecular flexibility index (Phi) is 7.15. The summed E-state index contributed by atoms with van der Waals surface area (Å²) in [5.74, 6) is 0.832. The Labute approximate surface area is 177 Å². The molecule has 156 valence electrons. The van der Waals surface area contributed by atoms with Gasteiger partial charge in [0.2, 0.25) is 0 Å². The minimum absolute atomic E-state index is 0.120. The van der Waals surface area contributed by atoms with Crippen LogP contribution >= 0.6 is 0 Å². The zero-order chi connectivity index (χ0) is 21.9. The number of hydrogen-bond acceptors (Lipinski definition) is 3. The topological polar surface area (TPSA) is 37.6 Å². The summed E-state index contributed by atoms with van der Waals surface area (Å²) in [5.41, 5.74) is 8.57. The first-order valence-electron chi connectivity index (χ1n) is 10.6. The summed E-state index contributed by atoms with van der Waals surface area (Å²) in [6, 6.07) is 10.6. The van der Waals surface area contributed by atoms with E-state index in [0.29, 0.717) is 11.8 Å². The summed E-state index contributed by atoms with van der Waals surface area (Å²) in [4.78, 5) is 14.7. The smallest absolute Gasteiger partial charge is 0.0849 e. The molecule has 0 aliphatic rings. The zero-order valence-corrected chi connectivity index (χ0v) is 19.9. The van der Waals surface area contributed by atoms with Crippen LogP contribution in [0.2, 0.25) is 0 Å². The number of rotatable bonds is 5. The van der Waals surface area contributed by atoms with E-state index in [-0.39, 0.29) is 5.54 Å². The van der Waals surface area contributed by atoms with Gasteiger partial charge in [-0.05, 0) is 76.6 Å². The number of aliphatic imine (C=N–C) groups is 2. The van der Waals surface area contributed by atoms with Crippen molar-refractivity contribution in [2.24, 2.45) is 9.98 Å². The van der Waals surface area contributed by atoms with Crippen molar-refractivity contribution in [1.29, 1.82) is 0 Å². The van der Waals surface area contributed by atoms with Gasteiger partial charge in [-0.3, -0.25) is 9.98 Å². The highest BCUT2D eigenvalue weighted by molar-refractivity contribution is 6.02. The van der Waals surface area contributed by atoms with Crippen LogP contribution in [0.15, 0.2) is 40.3 Å². The zero-order valence-electron chi connectivity index (χ0n) is 19.9. The number of pyridine rings is 1. The molecular weight excluding hydrogens is 354 g/mol. The van der Waals surface area contributed by atoms with Crippen LogP contribution in [0, 0.1) is 6.92 Å². The second-order valence-electron chi connectivity index (χ2n) is 9.57. The summed E-state index contributed by atoms with van der Waals surface area (Å²) in [5, 5.41) is 0. The normalized spacial score (nSPS) is 13.5. The molecular formula is C26H37N3. The first-order chi connectivity index (χ1) is 13.4. The average molecular weight is 392 g/mol. The standard InChI is InChI=1S/C26H37N3/c1-16(2)21-14-18(5)15-22(17(3)4)25(21)27-19(6)23-12-11-13-24(28-23)20(7)29-26(8,9)10/h11-17H,1-10H3. The molecule has 0 aliphatic carbocycles. The molecule has 1 heterocycles. The molecule has 0 fully saturated rings. The van der Waals surface area contributed by atoms with Crippen molar-refractivity contribution < 1.29 is 0 Å². The number of aromatic nitrogens is 1. The third-order valence-corrected chi connectivity index (χ3v) is 4.83. The average Bonchev–Trinajstić information content (AvgIpc) is 2.61. The number of nitrogens with zero attached hydrogens (tertiary/aromatic N) is 3. The second kappa shape index (κ2) is 9.02. The van der Waals surface area contributed by atoms with Gasteiger partial charge in [0.05, 0.1) is 34.0 Å². The molecule has 2 aromatic rings. The summed E-state index contributed by atoms with van der Waals surface area (Å²) in [6.45, 7) is 21.5. The molecule has 0 spiro atoms. The minimum atomic E-state index is -0.120. The number of hydrogen-bond donors (Lipinski definition) is 0. The molecule has 2 rings (SSSR count). The Hall–Kier alpha value is -2.29. The van der Waals surface area contributed by atoms with Crippen LogP contribution in [-0.2, 0) is 0 Å². The maximum absolute atomic E-state index is 5.10. The molecule has 0 saturated carbocycles. The molecule has 0 radical (unpaired) electrons. The Balaban J connectivity index is 2.58. The van der Waals surface area contributed by atoms with Gasteiger partial charge in [0.1, 0.15) is 0 Å². The van der Waals surface area contributed by atoms with Crippen molar-refractivity contribution in [2.75, 3.05) is 0 Å². The molecule has 0 atom stereocenters. The van der Waals surface area contributed by atoms with Crippen LogP contribution in [-0.4, -0.2) is 21.9 Å². The van der Waals surface area contributed by atoms with E-state index in [1.807, 2.05) is 25.1 Å². The molecule has 0 N–H and O–H groups in total. The van der Waals surface area contributed by atoms with Crippen molar-refractivity contribution >= 4 is 17.1 Å². The predicted molar refractivity (Wildman–Crippen MR) is 127 cm³/mol. The number of aryl methyl sites for hydroxylation is 1. The maximum Gasteiger partial charge on any atom is 0.0849 e. The Morgan fingerprint density at radius 3 is 1.79 bits per heavy atom. The highest BCUT2D eigenvalue weighted by Crippen LogP contribution is 2.36. The Morgan fingerprint density at radius 1 is 0.862 bits per heavy atom. The molecule has 1 aromatic heterocycles. The van der Waals surface area contributed by atoms with Crippen molar-refractivity contribution in [3.05, 3.63) is 58.4 Å². The first kappa shape index (κ1) is 23.0. The summed E-state index contributed by atoms with van der Waals surface area (Å²) >= 11 is 0. The molecule has 0 saturated heterocycles.